The van der Waals surface area contributed by atoms with Gasteiger partial charge in [0.25, 0.3) is 0 Å². The van der Waals surface area contributed by atoms with Crippen molar-refractivity contribution >= 4 is 46.1 Å². The van der Waals surface area contributed by atoms with Gasteiger partial charge >= 0.3 is 5.97 Å². The van der Waals surface area contributed by atoms with Crippen molar-refractivity contribution in [3.63, 3.8) is 0 Å². The molecule has 5 rings (SSSR count). The normalized spacial score (nSPS) is 20.7. The fourth-order valence-electron chi connectivity index (χ4n) is 5.38. The number of carboxylic acids is 1. The summed E-state index contributed by atoms with van der Waals surface area (Å²) in [4.78, 5) is 31.5. The Morgan fingerprint density at radius 2 is 1.79 bits per heavy atom. The number of carbonyl (C=O) groups is 2. The third-order valence-corrected chi connectivity index (χ3v) is 9.18. The Morgan fingerprint density at radius 3 is 2.49 bits per heavy atom. The molecule has 2 aliphatic rings. The van der Waals surface area contributed by atoms with Crippen molar-refractivity contribution in [2.24, 2.45) is 0 Å². The molecule has 0 bridgehead atoms. The number of piperazine rings is 1. The lowest BCUT2D eigenvalue weighted by atomic mass is 10.1. The molecule has 2 atom stereocenters. The first-order chi connectivity index (χ1) is 18.6. The second-order valence-electron chi connectivity index (χ2n) is 10.1. The van der Waals surface area contributed by atoms with Gasteiger partial charge < -0.3 is 24.6 Å². The first-order valence-electron chi connectivity index (χ1n) is 12.6. The van der Waals surface area contributed by atoms with E-state index < -0.39 is 29.3 Å². The molecular formula is C27H29ClF2N4O4S. The second-order valence-corrected chi connectivity index (χ2v) is 11.5. The summed E-state index contributed by atoms with van der Waals surface area (Å²) in [5, 5.41) is 20.4. The number of aromatic nitrogens is 1. The van der Waals surface area contributed by atoms with Gasteiger partial charge in [0.2, 0.25) is 5.91 Å². The summed E-state index contributed by atoms with van der Waals surface area (Å²) in [6, 6.07) is 6.92. The third-order valence-electron chi connectivity index (χ3n) is 7.63. The quantitative estimate of drug-likeness (QED) is 0.462. The molecule has 0 unspecified atom stereocenters. The van der Waals surface area contributed by atoms with Gasteiger partial charge in [-0.1, -0.05) is 29.4 Å². The molecule has 2 saturated heterocycles. The minimum atomic E-state index is -1.39. The van der Waals surface area contributed by atoms with Crippen LogP contribution in [0.5, 0.6) is 0 Å². The van der Waals surface area contributed by atoms with Crippen LogP contribution in [0.4, 0.5) is 8.78 Å². The first-order valence-corrected chi connectivity index (χ1v) is 13.8. The summed E-state index contributed by atoms with van der Waals surface area (Å²) < 4.78 is 31.9. The fraction of sp³-hybridized carbons (Fsp3) is 0.407. The number of rotatable bonds is 6. The van der Waals surface area contributed by atoms with Crippen molar-refractivity contribution in [3.05, 3.63) is 58.2 Å². The highest BCUT2D eigenvalue weighted by molar-refractivity contribution is 7.99. The van der Waals surface area contributed by atoms with Gasteiger partial charge in [0.05, 0.1) is 28.2 Å². The van der Waals surface area contributed by atoms with Crippen LogP contribution in [0.3, 0.4) is 0 Å². The summed E-state index contributed by atoms with van der Waals surface area (Å²) in [5.41, 5.74) is 0.161. The molecule has 2 aromatic carbocycles. The summed E-state index contributed by atoms with van der Waals surface area (Å²) >= 11 is 7.07. The van der Waals surface area contributed by atoms with Crippen LogP contribution in [0.15, 0.2) is 40.1 Å². The minimum absolute atomic E-state index is 0.0661. The van der Waals surface area contributed by atoms with Crippen molar-refractivity contribution in [2.75, 3.05) is 46.3 Å². The van der Waals surface area contributed by atoms with Crippen LogP contribution in [0.25, 0.3) is 10.9 Å². The maximum atomic E-state index is 15.4. The number of fused-ring (bicyclic) bond motifs is 1. The molecule has 39 heavy (non-hydrogen) atoms. The number of amides is 1. The molecule has 3 heterocycles. The lowest BCUT2D eigenvalue weighted by molar-refractivity contribution is -0.131. The molecule has 2 fully saturated rings. The molecule has 0 spiro atoms. The predicted octanol–water partition coefficient (Wildman–Crippen LogP) is 3.55. The average molecular weight is 579 g/mol. The molecule has 1 amide bonds. The minimum Gasteiger partial charge on any atom is -0.478 e. The van der Waals surface area contributed by atoms with Crippen molar-refractivity contribution in [1.82, 2.24) is 19.3 Å². The molecule has 2 N–H and O–H groups in total. The van der Waals surface area contributed by atoms with E-state index in [1.54, 1.807) is 17.9 Å². The number of halogens is 3. The number of β-amino-alcohol motifs (C(OH)–C–C–N with tert-alkyl or cyclic N) is 1. The number of carboxylic acid groups (broad SMARTS) is 1. The Morgan fingerprint density at radius 1 is 1.08 bits per heavy atom. The summed E-state index contributed by atoms with van der Waals surface area (Å²) in [6.45, 7) is 5.47. The van der Waals surface area contributed by atoms with E-state index in [0.717, 1.165) is 37.9 Å². The molecule has 0 saturated carbocycles. The Hall–Kier alpha value is -2.70. The van der Waals surface area contributed by atoms with Gasteiger partial charge in [-0.25, -0.2) is 13.6 Å². The molecule has 12 heteroatoms. The van der Waals surface area contributed by atoms with Gasteiger partial charge in [0, 0.05) is 60.1 Å². The van der Waals surface area contributed by atoms with Crippen molar-refractivity contribution in [3.8, 4) is 0 Å². The number of benzene rings is 2. The van der Waals surface area contributed by atoms with E-state index in [2.05, 4.69) is 16.8 Å². The first kappa shape index (κ1) is 27.9. The van der Waals surface area contributed by atoms with E-state index >= 15 is 4.39 Å². The van der Waals surface area contributed by atoms with Crippen LogP contribution in [0.2, 0.25) is 5.02 Å². The van der Waals surface area contributed by atoms with Crippen LogP contribution in [-0.2, 0) is 11.3 Å². The fourth-order valence-corrected chi connectivity index (χ4v) is 6.64. The lowest BCUT2D eigenvalue weighted by Gasteiger charge is -2.37. The number of likely N-dealkylation sites (N-methyl/N-ethyl adjacent to an activating group) is 1. The summed E-state index contributed by atoms with van der Waals surface area (Å²) in [6.07, 6.45) is -0.679. The van der Waals surface area contributed by atoms with E-state index in [4.69, 9.17) is 11.6 Å². The molecule has 1 aromatic heterocycles. The van der Waals surface area contributed by atoms with Gasteiger partial charge in [-0.2, -0.15) is 0 Å². The Labute approximate surface area is 233 Å². The smallest absolute Gasteiger partial charge is 0.338 e. The number of aliphatic hydroxyl groups excluding tert-OH is 1. The van der Waals surface area contributed by atoms with Crippen molar-refractivity contribution < 1.29 is 28.6 Å². The van der Waals surface area contributed by atoms with Gasteiger partial charge in [-0.05, 0) is 38.2 Å². The van der Waals surface area contributed by atoms with E-state index in [1.165, 1.54) is 28.8 Å². The van der Waals surface area contributed by atoms with Gasteiger partial charge in [0.1, 0.15) is 6.54 Å². The number of nitrogens with zero attached hydrogens (tertiary/aromatic N) is 4. The molecule has 208 valence electrons. The Kier molecular flexibility index (Phi) is 7.89. The van der Waals surface area contributed by atoms with E-state index in [0.29, 0.717) is 22.5 Å². The number of hydrogen-bond donors (Lipinski definition) is 2. The van der Waals surface area contributed by atoms with Crippen LogP contribution >= 0.6 is 23.4 Å². The summed E-state index contributed by atoms with van der Waals surface area (Å²) in [5.74, 6) is -3.25. The van der Waals surface area contributed by atoms with Gasteiger partial charge in [-0.3, -0.25) is 9.69 Å². The highest BCUT2D eigenvalue weighted by Crippen LogP contribution is 2.41. The SMILES string of the molecule is Cc1c(Sc2cccc(C(=O)O)c2F)c2ccc(Cl)c(F)c2n1CC(=O)N1C[C@H](O)[C@@H](N2CCN(C)CC2)C1. The van der Waals surface area contributed by atoms with Crippen LogP contribution in [0.1, 0.15) is 16.1 Å². The molecular weight excluding hydrogens is 550 g/mol. The van der Waals surface area contributed by atoms with E-state index in [-0.39, 0.29) is 40.5 Å². The van der Waals surface area contributed by atoms with Gasteiger partial charge in [0.15, 0.2) is 11.6 Å². The maximum Gasteiger partial charge on any atom is 0.338 e. The molecule has 0 radical (unpaired) electrons. The van der Waals surface area contributed by atoms with Crippen molar-refractivity contribution in [2.45, 2.75) is 35.4 Å². The largest absolute Gasteiger partial charge is 0.478 e. The van der Waals surface area contributed by atoms with Crippen LogP contribution in [0, 0.1) is 18.6 Å². The number of aliphatic hydroxyl groups is 1. The zero-order chi connectivity index (χ0) is 28.0. The maximum absolute atomic E-state index is 15.4. The average Bonchev–Trinajstić information content (AvgIpc) is 3.41. The molecule has 3 aromatic rings. The monoisotopic (exact) mass is 578 g/mol. The molecule has 8 nitrogen and oxygen atoms in total. The highest BCUT2D eigenvalue weighted by atomic mass is 35.5. The van der Waals surface area contributed by atoms with Crippen molar-refractivity contribution in [1.29, 1.82) is 0 Å². The van der Waals surface area contributed by atoms with E-state index in [1.807, 2.05) is 0 Å². The number of carbonyl (C=O) groups excluding carboxylic acids is 1. The highest BCUT2D eigenvalue weighted by Gasteiger charge is 2.38. The zero-order valence-electron chi connectivity index (χ0n) is 21.5. The van der Waals surface area contributed by atoms with Crippen LogP contribution in [-0.4, -0.2) is 99.8 Å². The van der Waals surface area contributed by atoms with Gasteiger partial charge in [-0.15, -0.1) is 0 Å². The predicted molar refractivity (Wildman–Crippen MR) is 145 cm³/mol. The molecule has 0 aliphatic carbocycles. The lowest BCUT2D eigenvalue weighted by Crippen LogP contribution is -2.52. The second kappa shape index (κ2) is 11.1. The number of hydrogen-bond acceptors (Lipinski definition) is 6. The summed E-state index contributed by atoms with van der Waals surface area (Å²) in [7, 11) is 2.05. The Bertz CT molecular complexity index is 1440. The number of aromatic carboxylic acids is 1. The molecule has 2 aliphatic heterocycles. The number of likely N-dealkylation sites (tertiary alicyclic amines) is 1. The topological polar surface area (TPSA) is 89.2 Å². The third kappa shape index (κ3) is 5.26. The standard InChI is InChI=1S/C27H29ClF2N4O4S/c1-15-26(39-21-5-3-4-16(23(21)29)27(37)38)17-6-7-18(28)24(30)25(17)34(15)14-22(36)33-12-19(20(35)13-33)32-10-8-31(2)9-11-32/h3-7,19-20,35H,8-14H2,1-2H3,(H,37,38)/t19-,20-/m0/s1. The zero-order valence-corrected chi connectivity index (χ0v) is 23.1. The van der Waals surface area contributed by atoms with E-state index in [9.17, 15) is 24.2 Å². The Balaban J connectivity index is 1.45. The van der Waals surface area contributed by atoms with Crippen LogP contribution < -0.4 is 0 Å².